The van der Waals surface area contributed by atoms with E-state index in [-0.39, 0.29) is 17.0 Å². The van der Waals surface area contributed by atoms with E-state index in [2.05, 4.69) is 5.32 Å². The molecule has 31 heavy (non-hydrogen) atoms. The molecule has 0 unspecified atom stereocenters. The van der Waals surface area contributed by atoms with Gasteiger partial charge in [-0.05, 0) is 67.1 Å². The van der Waals surface area contributed by atoms with Crippen LogP contribution in [-0.4, -0.2) is 18.4 Å². The van der Waals surface area contributed by atoms with Crippen molar-refractivity contribution in [2.24, 2.45) is 0 Å². The molecule has 0 bridgehead atoms. The maximum atomic E-state index is 13.8. The lowest BCUT2D eigenvalue weighted by atomic mass is 10.0. The molecular weight excluding hydrogens is 419 g/mol. The summed E-state index contributed by atoms with van der Waals surface area (Å²) in [7, 11) is 0. The summed E-state index contributed by atoms with van der Waals surface area (Å²) in [6.45, 7) is 2.42. The highest BCUT2D eigenvalue weighted by Gasteiger charge is 2.40. The Kier molecular flexibility index (Phi) is 5.73. The quantitative estimate of drug-likeness (QED) is 0.534. The van der Waals surface area contributed by atoms with Gasteiger partial charge in [-0.25, -0.2) is 9.29 Å². The first-order chi connectivity index (χ1) is 15.0. The van der Waals surface area contributed by atoms with Crippen molar-refractivity contribution < 1.29 is 18.7 Å². The number of ether oxygens (including phenoxy) is 1. The molecule has 1 N–H and O–H groups in total. The minimum Gasteiger partial charge on any atom is -0.494 e. The summed E-state index contributed by atoms with van der Waals surface area (Å²) in [6, 6.07) is 19.0. The van der Waals surface area contributed by atoms with Crippen molar-refractivity contribution in [1.82, 2.24) is 0 Å². The maximum absolute atomic E-state index is 13.8. The van der Waals surface area contributed by atoms with E-state index in [1.54, 1.807) is 48.5 Å². The largest absolute Gasteiger partial charge is 0.494 e. The van der Waals surface area contributed by atoms with E-state index in [1.165, 1.54) is 18.2 Å². The predicted molar refractivity (Wildman–Crippen MR) is 118 cm³/mol. The third kappa shape index (κ3) is 4.15. The molecule has 0 saturated heterocycles. The number of carbonyl (C=O) groups is 2. The van der Waals surface area contributed by atoms with Gasteiger partial charge in [0.1, 0.15) is 17.3 Å². The lowest BCUT2D eigenvalue weighted by Gasteiger charge is -2.15. The molecule has 0 radical (unpaired) electrons. The Labute approximate surface area is 183 Å². The van der Waals surface area contributed by atoms with Crippen molar-refractivity contribution in [2.75, 3.05) is 16.8 Å². The summed E-state index contributed by atoms with van der Waals surface area (Å²) in [5.41, 5.74) is 1.56. The molecular formula is C24H18ClFN2O3. The van der Waals surface area contributed by atoms with Gasteiger partial charge in [-0.3, -0.25) is 9.59 Å². The van der Waals surface area contributed by atoms with Crippen molar-refractivity contribution in [2.45, 2.75) is 6.92 Å². The van der Waals surface area contributed by atoms with Crippen LogP contribution >= 0.6 is 11.6 Å². The van der Waals surface area contributed by atoms with E-state index in [0.29, 0.717) is 28.6 Å². The minimum absolute atomic E-state index is 0.0979. The highest BCUT2D eigenvalue weighted by Crippen LogP contribution is 2.34. The Morgan fingerprint density at radius 3 is 2.32 bits per heavy atom. The first-order valence-electron chi connectivity index (χ1n) is 9.62. The van der Waals surface area contributed by atoms with Crippen LogP contribution in [0.3, 0.4) is 0 Å². The van der Waals surface area contributed by atoms with Crippen LogP contribution in [0.5, 0.6) is 5.75 Å². The number of hydrogen-bond acceptors (Lipinski definition) is 4. The minimum atomic E-state index is -0.575. The van der Waals surface area contributed by atoms with E-state index in [1.807, 2.05) is 6.92 Å². The van der Waals surface area contributed by atoms with Crippen LogP contribution in [0.25, 0.3) is 5.57 Å². The number of nitrogens with one attached hydrogen (secondary N) is 1. The van der Waals surface area contributed by atoms with E-state index in [0.717, 1.165) is 11.0 Å². The second-order valence-corrected chi connectivity index (χ2v) is 7.20. The fourth-order valence-corrected chi connectivity index (χ4v) is 3.45. The van der Waals surface area contributed by atoms with Crippen molar-refractivity contribution in [3.05, 3.63) is 94.9 Å². The Morgan fingerprint density at radius 2 is 1.68 bits per heavy atom. The van der Waals surface area contributed by atoms with Crippen LogP contribution in [0.1, 0.15) is 12.5 Å². The van der Waals surface area contributed by atoms with Crippen LogP contribution < -0.4 is 15.0 Å². The highest BCUT2D eigenvalue weighted by atomic mass is 35.5. The highest BCUT2D eigenvalue weighted by molar-refractivity contribution is 6.46. The van der Waals surface area contributed by atoms with Crippen LogP contribution in [0, 0.1) is 5.82 Å². The molecule has 4 rings (SSSR count). The first kappa shape index (κ1) is 20.6. The summed E-state index contributed by atoms with van der Waals surface area (Å²) >= 11 is 5.98. The second-order valence-electron chi connectivity index (χ2n) is 6.76. The van der Waals surface area contributed by atoms with E-state index >= 15 is 0 Å². The van der Waals surface area contributed by atoms with Crippen LogP contribution in [0.15, 0.2) is 78.5 Å². The summed E-state index contributed by atoms with van der Waals surface area (Å²) < 4.78 is 19.2. The number of nitrogens with zero attached hydrogens (tertiary/aromatic N) is 1. The Morgan fingerprint density at radius 1 is 0.968 bits per heavy atom. The average molecular weight is 437 g/mol. The predicted octanol–water partition coefficient (Wildman–Crippen LogP) is 5.27. The van der Waals surface area contributed by atoms with Crippen molar-refractivity contribution >= 4 is 40.4 Å². The first-order valence-corrected chi connectivity index (χ1v) is 10.00. The molecule has 1 aliphatic heterocycles. The van der Waals surface area contributed by atoms with Gasteiger partial charge in [-0.15, -0.1) is 0 Å². The number of amides is 2. The number of rotatable bonds is 6. The van der Waals surface area contributed by atoms with Gasteiger partial charge in [0.25, 0.3) is 11.8 Å². The van der Waals surface area contributed by atoms with E-state index < -0.39 is 17.6 Å². The normalized spacial score (nSPS) is 13.7. The molecule has 1 aliphatic rings. The molecule has 7 heteroatoms. The molecule has 1 heterocycles. The Bertz CT molecular complexity index is 1170. The second kappa shape index (κ2) is 8.62. The summed E-state index contributed by atoms with van der Waals surface area (Å²) in [4.78, 5) is 27.5. The molecule has 3 aromatic carbocycles. The summed E-state index contributed by atoms with van der Waals surface area (Å²) in [5.74, 6) is -0.977. The van der Waals surface area contributed by atoms with Gasteiger partial charge in [-0.2, -0.15) is 0 Å². The third-order valence-electron chi connectivity index (χ3n) is 4.72. The molecule has 2 amide bonds. The summed E-state index contributed by atoms with van der Waals surface area (Å²) in [5, 5.41) is 3.56. The zero-order chi connectivity index (χ0) is 22.0. The molecule has 0 fully saturated rings. The third-order valence-corrected chi connectivity index (χ3v) is 4.97. The number of imide groups is 1. The van der Waals surface area contributed by atoms with Crippen LogP contribution in [0.4, 0.5) is 15.8 Å². The van der Waals surface area contributed by atoms with Gasteiger partial charge in [0.2, 0.25) is 0 Å². The van der Waals surface area contributed by atoms with Crippen LogP contribution in [0.2, 0.25) is 5.02 Å². The lowest BCUT2D eigenvalue weighted by Crippen LogP contribution is -2.32. The topological polar surface area (TPSA) is 58.6 Å². The van der Waals surface area contributed by atoms with Gasteiger partial charge in [0.05, 0.1) is 17.9 Å². The summed E-state index contributed by atoms with van der Waals surface area (Å²) in [6.07, 6.45) is 0. The molecule has 0 aromatic heterocycles. The van der Waals surface area contributed by atoms with Crippen LogP contribution in [-0.2, 0) is 9.59 Å². The molecule has 0 saturated carbocycles. The Balaban J connectivity index is 1.76. The molecule has 0 aliphatic carbocycles. The Hall–Kier alpha value is -3.64. The average Bonchev–Trinajstić information content (AvgIpc) is 3.00. The van der Waals surface area contributed by atoms with Gasteiger partial charge in [-0.1, -0.05) is 29.8 Å². The molecule has 156 valence electrons. The van der Waals surface area contributed by atoms with Gasteiger partial charge in [0, 0.05) is 10.7 Å². The van der Waals surface area contributed by atoms with Crippen molar-refractivity contribution in [1.29, 1.82) is 0 Å². The lowest BCUT2D eigenvalue weighted by molar-refractivity contribution is -0.120. The van der Waals surface area contributed by atoms with Crippen molar-refractivity contribution in [3.8, 4) is 5.75 Å². The van der Waals surface area contributed by atoms with Gasteiger partial charge < -0.3 is 10.1 Å². The maximum Gasteiger partial charge on any atom is 0.282 e. The van der Waals surface area contributed by atoms with Gasteiger partial charge >= 0.3 is 0 Å². The number of halogens is 2. The fourth-order valence-electron chi connectivity index (χ4n) is 3.33. The standard InChI is InChI=1S/C24H18ClFN2O3/c1-2-31-20-12-10-18(11-13-20)27-22-21(15-6-8-16(25)9-7-15)23(29)28(24(22)30)19-5-3-4-17(26)14-19/h3-14,27H,2H2,1H3. The smallest absolute Gasteiger partial charge is 0.282 e. The number of anilines is 2. The monoisotopic (exact) mass is 436 g/mol. The fraction of sp³-hybridized carbons (Fsp3) is 0.0833. The molecule has 3 aromatic rings. The number of hydrogen-bond donors (Lipinski definition) is 1. The SMILES string of the molecule is CCOc1ccc(NC2=C(c3ccc(Cl)cc3)C(=O)N(c3cccc(F)c3)C2=O)cc1. The van der Waals surface area contributed by atoms with Crippen molar-refractivity contribution in [3.63, 3.8) is 0 Å². The molecule has 0 atom stereocenters. The zero-order valence-corrected chi connectivity index (χ0v) is 17.3. The van der Waals surface area contributed by atoms with E-state index in [4.69, 9.17) is 16.3 Å². The number of carbonyl (C=O) groups excluding carboxylic acids is 2. The van der Waals surface area contributed by atoms with Gasteiger partial charge in [0.15, 0.2) is 0 Å². The zero-order valence-electron chi connectivity index (χ0n) is 16.6. The molecule has 5 nitrogen and oxygen atoms in total. The number of benzene rings is 3. The molecule has 0 spiro atoms. The van der Waals surface area contributed by atoms with E-state index in [9.17, 15) is 14.0 Å².